The van der Waals surface area contributed by atoms with Gasteiger partial charge in [-0.2, -0.15) is 0 Å². The van der Waals surface area contributed by atoms with Gasteiger partial charge in [0.1, 0.15) is 5.75 Å². The van der Waals surface area contributed by atoms with Crippen LogP contribution in [0.25, 0.3) is 0 Å². The summed E-state index contributed by atoms with van der Waals surface area (Å²) in [4.78, 5) is 4.25. The molecular weight excluding hydrogens is 264 g/mol. The number of rotatable bonds is 6. The first-order chi connectivity index (χ1) is 10.2. The maximum Gasteiger partial charge on any atom is 0.169 e. The third-order valence-electron chi connectivity index (χ3n) is 3.49. The fourth-order valence-electron chi connectivity index (χ4n) is 2.15. The number of pyridine rings is 1. The second kappa shape index (κ2) is 6.14. The smallest absolute Gasteiger partial charge is 0.169 e. The van der Waals surface area contributed by atoms with Crippen molar-refractivity contribution in [3.63, 3.8) is 0 Å². The lowest BCUT2D eigenvalue weighted by atomic mass is 10.2. The van der Waals surface area contributed by atoms with Crippen LogP contribution >= 0.6 is 0 Å². The standard InChI is InChI=1S/C17H20N2O2/c1-12-3-6-16(17(7-12)20-2)21-15-8-13(9-18-11-15)10-19-14-4-5-14/h3,6-9,11,14,19H,4-5,10H2,1-2H3. The van der Waals surface area contributed by atoms with E-state index in [-0.39, 0.29) is 0 Å². The Morgan fingerprint density at radius 1 is 1.19 bits per heavy atom. The molecule has 1 N–H and O–H groups in total. The van der Waals surface area contributed by atoms with Gasteiger partial charge in [-0.15, -0.1) is 0 Å². The average molecular weight is 284 g/mol. The minimum Gasteiger partial charge on any atom is -0.493 e. The highest BCUT2D eigenvalue weighted by Crippen LogP contribution is 2.32. The first kappa shape index (κ1) is 13.9. The normalized spacial score (nSPS) is 14.0. The Hall–Kier alpha value is -2.07. The minimum absolute atomic E-state index is 0.687. The molecule has 1 aliphatic carbocycles. The van der Waals surface area contributed by atoms with Crippen molar-refractivity contribution in [3.05, 3.63) is 47.8 Å². The lowest BCUT2D eigenvalue weighted by Gasteiger charge is -2.11. The highest BCUT2D eigenvalue weighted by Gasteiger charge is 2.20. The molecule has 1 fully saturated rings. The molecule has 0 radical (unpaired) electrons. The minimum atomic E-state index is 0.687. The highest BCUT2D eigenvalue weighted by molar-refractivity contribution is 5.45. The molecule has 0 bridgehead atoms. The highest BCUT2D eigenvalue weighted by atomic mass is 16.5. The predicted octanol–water partition coefficient (Wildman–Crippen LogP) is 3.44. The molecule has 1 aliphatic rings. The number of hydrogen-bond donors (Lipinski definition) is 1. The van der Waals surface area contributed by atoms with Crippen LogP contribution in [0.2, 0.25) is 0 Å². The zero-order valence-corrected chi connectivity index (χ0v) is 12.4. The summed E-state index contributed by atoms with van der Waals surface area (Å²) in [5, 5.41) is 3.47. The Bertz CT molecular complexity index is 624. The first-order valence-electron chi connectivity index (χ1n) is 7.24. The lowest BCUT2D eigenvalue weighted by Crippen LogP contribution is -2.15. The van der Waals surface area contributed by atoms with Crippen molar-refractivity contribution in [2.75, 3.05) is 7.11 Å². The van der Waals surface area contributed by atoms with Crippen LogP contribution in [0, 0.1) is 6.92 Å². The molecule has 1 saturated carbocycles. The van der Waals surface area contributed by atoms with Gasteiger partial charge in [0, 0.05) is 18.8 Å². The van der Waals surface area contributed by atoms with Crippen molar-refractivity contribution in [3.8, 4) is 17.2 Å². The molecule has 4 heteroatoms. The van der Waals surface area contributed by atoms with Crippen molar-refractivity contribution in [2.45, 2.75) is 32.4 Å². The fourth-order valence-corrected chi connectivity index (χ4v) is 2.15. The SMILES string of the molecule is COc1cc(C)ccc1Oc1cncc(CNC2CC2)c1. The van der Waals surface area contributed by atoms with E-state index in [1.165, 1.54) is 12.8 Å². The van der Waals surface area contributed by atoms with E-state index in [1.54, 1.807) is 13.3 Å². The molecule has 21 heavy (non-hydrogen) atoms. The van der Waals surface area contributed by atoms with E-state index in [2.05, 4.69) is 10.3 Å². The van der Waals surface area contributed by atoms with Gasteiger partial charge in [-0.3, -0.25) is 4.98 Å². The molecule has 1 aromatic carbocycles. The Balaban J connectivity index is 1.73. The number of hydrogen-bond acceptors (Lipinski definition) is 4. The van der Waals surface area contributed by atoms with E-state index in [4.69, 9.17) is 9.47 Å². The molecule has 1 heterocycles. The number of ether oxygens (including phenoxy) is 2. The van der Waals surface area contributed by atoms with Crippen LogP contribution in [0.15, 0.2) is 36.7 Å². The Morgan fingerprint density at radius 3 is 2.81 bits per heavy atom. The van der Waals surface area contributed by atoms with Gasteiger partial charge in [-0.1, -0.05) is 6.07 Å². The van der Waals surface area contributed by atoms with Gasteiger partial charge in [0.15, 0.2) is 11.5 Å². The van der Waals surface area contributed by atoms with Gasteiger partial charge in [0.2, 0.25) is 0 Å². The average Bonchev–Trinajstić information content (AvgIpc) is 3.32. The number of aromatic nitrogens is 1. The molecule has 3 rings (SSSR count). The van der Waals surface area contributed by atoms with Crippen molar-refractivity contribution in [1.82, 2.24) is 10.3 Å². The number of nitrogens with one attached hydrogen (secondary N) is 1. The second-order valence-electron chi connectivity index (χ2n) is 5.44. The van der Waals surface area contributed by atoms with Crippen molar-refractivity contribution >= 4 is 0 Å². The van der Waals surface area contributed by atoms with E-state index in [0.29, 0.717) is 11.8 Å². The van der Waals surface area contributed by atoms with E-state index in [1.807, 2.05) is 37.4 Å². The van der Waals surface area contributed by atoms with E-state index in [9.17, 15) is 0 Å². The Kier molecular flexibility index (Phi) is 4.06. The summed E-state index contributed by atoms with van der Waals surface area (Å²) >= 11 is 0. The zero-order valence-electron chi connectivity index (χ0n) is 12.4. The van der Waals surface area contributed by atoms with Crippen LogP contribution in [-0.2, 0) is 6.54 Å². The summed E-state index contributed by atoms with van der Waals surface area (Å²) in [5.41, 5.74) is 2.27. The molecule has 110 valence electrons. The first-order valence-corrected chi connectivity index (χ1v) is 7.24. The number of aryl methyl sites for hydroxylation is 1. The summed E-state index contributed by atoms with van der Waals surface area (Å²) in [5.74, 6) is 2.17. The van der Waals surface area contributed by atoms with Gasteiger partial charge in [0.05, 0.1) is 13.3 Å². The van der Waals surface area contributed by atoms with Crippen molar-refractivity contribution in [1.29, 1.82) is 0 Å². The van der Waals surface area contributed by atoms with Crippen LogP contribution in [0.5, 0.6) is 17.2 Å². The molecule has 0 spiro atoms. The van der Waals surface area contributed by atoms with Crippen LogP contribution in [0.1, 0.15) is 24.0 Å². The van der Waals surface area contributed by atoms with Crippen LogP contribution in [0.4, 0.5) is 0 Å². The second-order valence-corrected chi connectivity index (χ2v) is 5.44. The lowest BCUT2D eigenvalue weighted by molar-refractivity contribution is 0.378. The Morgan fingerprint density at radius 2 is 2.05 bits per heavy atom. The summed E-state index contributed by atoms with van der Waals surface area (Å²) < 4.78 is 11.3. The zero-order chi connectivity index (χ0) is 14.7. The topological polar surface area (TPSA) is 43.4 Å². The van der Waals surface area contributed by atoms with Crippen LogP contribution in [-0.4, -0.2) is 18.1 Å². The summed E-state index contributed by atoms with van der Waals surface area (Å²) in [6.07, 6.45) is 6.16. The molecule has 2 aromatic rings. The fraction of sp³-hybridized carbons (Fsp3) is 0.353. The molecule has 0 unspecified atom stereocenters. The largest absolute Gasteiger partial charge is 0.493 e. The van der Waals surface area contributed by atoms with E-state index in [0.717, 1.165) is 29.2 Å². The quantitative estimate of drug-likeness (QED) is 0.882. The molecule has 4 nitrogen and oxygen atoms in total. The molecule has 0 saturated heterocycles. The third kappa shape index (κ3) is 3.73. The van der Waals surface area contributed by atoms with Gasteiger partial charge < -0.3 is 14.8 Å². The van der Waals surface area contributed by atoms with Crippen molar-refractivity contribution < 1.29 is 9.47 Å². The summed E-state index contributed by atoms with van der Waals surface area (Å²) in [6, 6.07) is 8.59. The van der Waals surface area contributed by atoms with Gasteiger partial charge in [-0.05, 0) is 49.1 Å². The van der Waals surface area contributed by atoms with Crippen molar-refractivity contribution in [2.24, 2.45) is 0 Å². The maximum atomic E-state index is 5.90. The molecular formula is C17H20N2O2. The summed E-state index contributed by atoms with van der Waals surface area (Å²) in [7, 11) is 1.65. The van der Waals surface area contributed by atoms with Gasteiger partial charge in [0.25, 0.3) is 0 Å². The third-order valence-corrected chi connectivity index (χ3v) is 3.49. The number of nitrogens with zero attached hydrogens (tertiary/aromatic N) is 1. The predicted molar refractivity (Wildman–Crippen MR) is 81.9 cm³/mol. The molecule has 0 aliphatic heterocycles. The molecule has 0 atom stereocenters. The molecule has 1 aromatic heterocycles. The maximum absolute atomic E-state index is 5.90. The van der Waals surface area contributed by atoms with Crippen LogP contribution < -0.4 is 14.8 Å². The monoisotopic (exact) mass is 284 g/mol. The van der Waals surface area contributed by atoms with Gasteiger partial charge >= 0.3 is 0 Å². The Labute approximate surface area is 125 Å². The van der Waals surface area contributed by atoms with E-state index >= 15 is 0 Å². The van der Waals surface area contributed by atoms with Gasteiger partial charge in [-0.25, -0.2) is 0 Å². The number of methoxy groups -OCH3 is 1. The molecule has 0 amide bonds. The number of benzene rings is 1. The van der Waals surface area contributed by atoms with E-state index < -0.39 is 0 Å². The van der Waals surface area contributed by atoms with Crippen LogP contribution in [0.3, 0.4) is 0 Å². The summed E-state index contributed by atoms with van der Waals surface area (Å²) in [6.45, 7) is 2.86.